The average molecular weight is 322 g/mol. The molecule has 0 aliphatic carbocycles. The molecule has 0 unspecified atom stereocenters. The maximum atomic E-state index is 11.6. The number of aliphatic carboxylic acids is 1. The van der Waals surface area contributed by atoms with Crippen LogP contribution in [0.4, 0.5) is 0 Å². The van der Waals surface area contributed by atoms with Gasteiger partial charge in [-0.2, -0.15) is 5.26 Å². The van der Waals surface area contributed by atoms with E-state index in [9.17, 15) is 9.59 Å². The highest BCUT2D eigenvalue weighted by Gasteiger charge is 2.06. The summed E-state index contributed by atoms with van der Waals surface area (Å²) in [5, 5.41) is 26.5. The third-order valence-corrected chi connectivity index (χ3v) is 3.19. The van der Waals surface area contributed by atoms with Crippen molar-refractivity contribution in [2.75, 3.05) is 0 Å². The fourth-order valence-corrected chi connectivity index (χ4v) is 2.07. The molecule has 0 spiro atoms. The monoisotopic (exact) mass is 322 g/mol. The van der Waals surface area contributed by atoms with Crippen LogP contribution in [0.2, 0.25) is 0 Å². The van der Waals surface area contributed by atoms with E-state index in [1.54, 1.807) is 24.3 Å². The van der Waals surface area contributed by atoms with Crippen molar-refractivity contribution < 1.29 is 19.8 Å². The Labute approximate surface area is 138 Å². The van der Waals surface area contributed by atoms with Gasteiger partial charge in [0, 0.05) is 24.5 Å². The summed E-state index contributed by atoms with van der Waals surface area (Å²) in [7, 11) is 0. The molecule has 0 fully saturated rings. The maximum Gasteiger partial charge on any atom is 0.371 e. The fraction of sp³-hybridized carbons (Fsp3) is 0.0556. The molecular weight excluding hydrogens is 308 g/mol. The molecule has 0 amide bonds. The second-order valence-electron chi connectivity index (χ2n) is 4.94. The van der Waals surface area contributed by atoms with E-state index in [-0.39, 0.29) is 0 Å². The van der Waals surface area contributed by atoms with E-state index >= 15 is 0 Å². The molecule has 0 saturated carbocycles. The first-order chi connectivity index (χ1) is 11.5. The maximum absolute atomic E-state index is 11.6. The number of allylic oxidation sites excluding steroid dienone is 2. The van der Waals surface area contributed by atoms with E-state index in [0.29, 0.717) is 18.2 Å². The molecule has 0 saturated heterocycles. The molecule has 2 aromatic rings. The van der Waals surface area contributed by atoms with Crippen molar-refractivity contribution in [2.24, 2.45) is 0 Å². The lowest BCUT2D eigenvalue weighted by atomic mass is 10.1. The van der Waals surface area contributed by atoms with E-state index < -0.39 is 17.5 Å². The van der Waals surface area contributed by atoms with Crippen LogP contribution in [0.1, 0.15) is 16.8 Å². The predicted octanol–water partition coefficient (Wildman–Crippen LogP) is 2.52. The fourth-order valence-electron chi connectivity index (χ4n) is 2.07. The first kappa shape index (κ1) is 16.8. The van der Waals surface area contributed by atoms with Gasteiger partial charge in [-0.05, 0) is 42.0 Å². The Balaban J connectivity index is 2.14. The number of aliphatic hydroxyl groups excluding tert-OH is 1. The molecule has 0 bridgehead atoms. The standard InChI is InChI=1S/C18H14N2O4/c19-11-13-3-1-4-14(9-13)12-20-8-2-5-15(20)6-7-16(21)10-17(22)18(23)24/h1-10,22H,12H2,(H,23,24)/b7-6+,17-10-. The molecule has 2 N–H and O–H groups in total. The molecule has 1 aromatic carbocycles. The lowest BCUT2D eigenvalue weighted by molar-refractivity contribution is -0.135. The Morgan fingerprint density at radius 2 is 2.00 bits per heavy atom. The molecule has 2 rings (SSSR count). The van der Waals surface area contributed by atoms with Crippen LogP contribution >= 0.6 is 0 Å². The first-order valence-corrected chi connectivity index (χ1v) is 7.00. The highest BCUT2D eigenvalue weighted by Crippen LogP contribution is 2.11. The van der Waals surface area contributed by atoms with Gasteiger partial charge >= 0.3 is 5.97 Å². The number of carboxylic acids is 1. The van der Waals surface area contributed by atoms with Crippen molar-refractivity contribution in [3.8, 4) is 6.07 Å². The number of carboxylic acid groups (broad SMARTS) is 1. The van der Waals surface area contributed by atoms with Gasteiger partial charge in [-0.3, -0.25) is 4.79 Å². The zero-order valence-electron chi connectivity index (χ0n) is 12.6. The molecule has 24 heavy (non-hydrogen) atoms. The lowest BCUT2D eigenvalue weighted by Gasteiger charge is -2.07. The van der Waals surface area contributed by atoms with Crippen LogP contribution in [0.15, 0.2) is 60.5 Å². The van der Waals surface area contributed by atoms with Gasteiger partial charge in [0.2, 0.25) is 5.76 Å². The largest absolute Gasteiger partial charge is 0.502 e. The number of aromatic nitrogens is 1. The number of rotatable bonds is 6. The topological polar surface area (TPSA) is 103 Å². The molecule has 0 aliphatic rings. The smallest absolute Gasteiger partial charge is 0.371 e. The van der Waals surface area contributed by atoms with Crippen molar-refractivity contribution >= 4 is 17.8 Å². The minimum absolute atomic E-state index is 0.520. The minimum Gasteiger partial charge on any atom is -0.502 e. The van der Waals surface area contributed by atoms with Gasteiger partial charge in [0.05, 0.1) is 11.6 Å². The Bertz CT molecular complexity index is 869. The van der Waals surface area contributed by atoms with Gasteiger partial charge in [-0.25, -0.2) is 4.79 Å². The second kappa shape index (κ2) is 7.61. The van der Waals surface area contributed by atoms with Crippen LogP contribution in [0.5, 0.6) is 0 Å². The molecular formula is C18H14N2O4. The summed E-state index contributed by atoms with van der Waals surface area (Å²) >= 11 is 0. The SMILES string of the molecule is N#Cc1cccc(Cn2cccc2/C=C/C(=O)/C=C(\O)C(=O)O)c1. The van der Waals surface area contributed by atoms with E-state index in [2.05, 4.69) is 6.07 Å². The third kappa shape index (κ3) is 4.45. The van der Waals surface area contributed by atoms with Crippen molar-refractivity contribution in [2.45, 2.75) is 6.54 Å². The molecule has 120 valence electrons. The van der Waals surface area contributed by atoms with Gasteiger partial charge in [0.1, 0.15) is 0 Å². The van der Waals surface area contributed by atoms with Crippen LogP contribution in [0, 0.1) is 11.3 Å². The number of carbonyl (C=O) groups excluding carboxylic acids is 1. The van der Waals surface area contributed by atoms with Crippen molar-refractivity contribution in [1.29, 1.82) is 5.26 Å². The number of carbonyl (C=O) groups is 2. The number of hydrogen-bond donors (Lipinski definition) is 2. The summed E-state index contributed by atoms with van der Waals surface area (Å²) < 4.78 is 1.88. The Kier molecular flexibility index (Phi) is 5.32. The van der Waals surface area contributed by atoms with Crippen molar-refractivity contribution in [1.82, 2.24) is 4.57 Å². The predicted molar refractivity (Wildman–Crippen MR) is 87.1 cm³/mol. The molecule has 0 aliphatic heterocycles. The molecule has 1 aromatic heterocycles. The summed E-state index contributed by atoms with van der Waals surface area (Å²) in [6.45, 7) is 0.520. The van der Waals surface area contributed by atoms with E-state index in [0.717, 1.165) is 11.3 Å². The highest BCUT2D eigenvalue weighted by molar-refractivity contribution is 6.05. The molecule has 6 heteroatoms. The summed E-state index contributed by atoms with van der Waals surface area (Å²) in [5.74, 6) is -3.19. The number of nitriles is 1. The normalized spacial score (nSPS) is 11.4. The lowest BCUT2D eigenvalue weighted by Crippen LogP contribution is -2.02. The molecule has 0 radical (unpaired) electrons. The van der Waals surface area contributed by atoms with E-state index in [1.807, 2.05) is 22.9 Å². The van der Waals surface area contributed by atoms with Crippen LogP contribution in [-0.4, -0.2) is 26.5 Å². The summed E-state index contributed by atoms with van der Waals surface area (Å²) in [4.78, 5) is 22.0. The minimum atomic E-state index is -1.56. The van der Waals surface area contributed by atoms with Gasteiger partial charge in [0.15, 0.2) is 5.78 Å². The number of benzene rings is 1. The quantitative estimate of drug-likeness (QED) is 0.628. The summed E-state index contributed by atoms with van der Waals surface area (Å²) in [6.07, 6.45) is 5.18. The van der Waals surface area contributed by atoms with Gasteiger partial charge in [-0.1, -0.05) is 12.1 Å². The number of aliphatic hydroxyl groups is 1. The van der Waals surface area contributed by atoms with Crippen LogP contribution in [-0.2, 0) is 16.1 Å². The van der Waals surface area contributed by atoms with E-state index in [1.165, 1.54) is 12.2 Å². The highest BCUT2D eigenvalue weighted by atomic mass is 16.4. The van der Waals surface area contributed by atoms with Crippen LogP contribution in [0.3, 0.4) is 0 Å². The van der Waals surface area contributed by atoms with Gasteiger partial charge in [-0.15, -0.1) is 0 Å². The van der Waals surface area contributed by atoms with E-state index in [4.69, 9.17) is 15.5 Å². The molecule has 6 nitrogen and oxygen atoms in total. The Morgan fingerprint density at radius 1 is 1.21 bits per heavy atom. The third-order valence-electron chi connectivity index (χ3n) is 3.19. The zero-order valence-corrected chi connectivity index (χ0v) is 12.6. The van der Waals surface area contributed by atoms with Crippen LogP contribution < -0.4 is 0 Å². The average Bonchev–Trinajstić information content (AvgIpc) is 3.00. The Hall–Kier alpha value is -3.59. The number of hydrogen-bond acceptors (Lipinski definition) is 4. The molecule has 1 heterocycles. The first-order valence-electron chi connectivity index (χ1n) is 7.00. The number of nitrogens with zero attached hydrogens (tertiary/aromatic N) is 2. The molecule has 0 atom stereocenters. The van der Waals surface area contributed by atoms with Gasteiger partial charge in [0.25, 0.3) is 0 Å². The Morgan fingerprint density at radius 3 is 2.71 bits per heavy atom. The van der Waals surface area contributed by atoms with Crippen LogP contribution in [0.25, 0.3) is 6.08 Å². The summed E-state index contributed by atoms with van der Waals surface area (Å²) in [6, 6.07) is 12.9. The van der Waals surface area contributed by atoms with Gasteiger partial charge < -0.3 is 14.8 Å². The second-order valence-corrected chi connectivity index (χ2v) is 4.94. The zero-order chi connectivity index (χ0) is 17.5. The summed E-state index contributed by atoms with van der Waals surface area (Å²) in [5.41, 5.74) is 2.24. The number of ketones is 1. The van der Waals surface area contributed by atoms with Crippen molar-refractivity contribution in [3.63, 3.8) is 0 Å². The van der Waals surface area contributed by atoms with Crippen molar-refractivity contribution in [3.05, 3.63) is 77.3 Å².